The lowest BCUT2D eigenvalue weighted by Crippen LogP contribution is -2.27. The van der Waals surface area contributed by atoms with Crippen LogP contribution < -0.4 is 5.69 Å². The number of rotatable bonds is 7. The van der Waals surface area contributed by atoms with Crippen molar-refractivity contribution in [2.45, 2.75) is 50.9 Å². The Labute approximate surface area is 198 Å². The van der Waals surface area contributed by atoms with E-state index in [9.17, 15) is 18.0 Å². The molecule has 1 aromatic heterocycles. The van der Waals surface area contributed by atoms with E-state index in [-0.39, 0.29) is 18.3 Å². The number of halogens is 4. The lowest BCUT2D eigenvalue weighted by molar-refractivity contribution is -0.137. The van der Waals surface area contributed by atoms with Gasteiger partial charge in [-0.1, -0.05) is 29.8 Å². The molecule has 176 valence electrons. The van der Waals surface area contributed by atoms with Gasteiger partial charge in [0.25, 0.3) is 0 Å². The monoisotopic (exact) mass is 487 g/mol. The van der Waals surface area contributed by atoms with Crippen molar-refractivity contribution in [1.29, 1.82) is 0 Å². The normalized spacial score (nSPS) is 16.0. The number of hydrogen-bond acceptors (Lipinski definition) is 4. The van der Waals surface area contributed by atoms with Crippen molar-refractivity contribution in [2.75, 3.05) is 0 Å². The molecule has 0 unspecified atom stereocenters. The van der Waals surface area contributed by atoms with Crippen LogP contribution in [0.25, 0.3) is 11.4 Å². The Kier molecular flexibility index (Phi) is 5.89. The standard InChI is InChI=1S/C24H21ClF3N5O/c25-18-7-5-16(6-8-18)22-31-32(23(34)33(22)21-10-11-21)14-20-13-19(29-30-20)9-4-15-2-1-3-17(12-15)24(26,27)28/h1-3,5-8,12,21H,4,9-11,13-14H2. The predicted molar refractivity (Wildman–Crippen MR) is 124 cm³/mol. The van der Waals surface area contributed by atoms with Crippen LogP contribution in [0.1, 0.15) is 42.9 Å². The highest BCUT2D eigenvalue weighted by molar-refractivity contribution is 6.30. The van der Waals surface area contributed by atoms with Crippen LogP contribution in [0.15, 0.2) is 63.5 Å². The van der Waals surface area contributed by atoms with Gasteiger partial charge < -0.3 is 0 Å². The van der Waals surface area contributed by atoms with Gasteiger partial charge >= 0.3 is 11.9 Å². The maximum atomic E-state index is 13.1. The molecule has 6 nitrogen and oxygen atoms in total. The lowest BCUT2D eigenvalue weighted by Gasteiger charge is -2.08. The van der Waals surface area contributed by atoms with Crippen LogP contribution in [0.4, 0.5) is 13.2 Å². The molecule has 34 heavy (non-hydrogen) atoms. The lowest BCUT2D eigenvalue weighted by atomic mass is 10.0. The average molecular weight is 488 g/mol. The van der Waals surface area contributed by atoms with Crippen LogP contribution in [-0.2, 0) is 19.1 Å². The third kappa shape index (κ3) is 4.84. The second kappa shape index (κ2) is 8.87. The van der Waals surface area contributed by atoms with E-state index in [1.807, 2.05) is 12.1 Å². The molecule has 1 aliphatic heterocycles. The number of alkyl halides is 3. The second-order valence-corrected chi connectivity index (χ2v) is 9.02. The van der Waals surface area contributed by atoms with Crippen molar-refractivity contribution in [1.82, 2.24) is 14.3 Å². The summed E-state index contributed by atoms with van der Waals surface area (Å²) < 4.78 is 41.9. The first-order chi connectivity index (χ1) is 16.3. The topological polar surface area (TPSA) is 64.5 Å². The summed E-state index contributed by atoms with van der Waals surface area (Å²) in [4.78, 5) is 13.1. The Bertz CT molecular complexity index is 1330. The first kappa shape index (κ1) is 22.6. The third-order valence-corrected chi connectivity index (χ3v) is 6.17. The van der Waals surface area contributed by atoms with Gasteiger partial charge in [-0.05, 0) is 61.6 Å². The minimum Gasteiger partial charge on any atom is -0.272 e. The molecule has 0 bridgehead atoms. The molecule has 3 aromatic rings. The van der Waals surface area contributed by atoms with E-state index in [0.29, 0.717) is 41.4 Å². The summed E-state index contributed by atoms with van der Waals surface area (Å²) in [5.41, 5.74) is 2.05. The van der Waals surface area contributed by atoms with Crippen LogP contribution in [0, 0.1) is 0 Å². The fourth-order valence-corrected chi connectivity index (χ4v) is 4.15. The summed E-state index contributed by atoms with van der Waals surface area (Å²) in [5, 5.41) is 13.6. The second-order valence-electron chi connectivity index (χ2n) is 8.58. The maximum absolute atomic E-state index is 13.1. The molecule has 2 aromatic carbocycles. The van der Waals surface area contributed by atoms with E-state index in [1.54, 1.807) is 22.8 Å². The Hall–Kier alpha value is -3.20. The van der Waals surface area contributed by atoms with E-state index in [4.69, 9.17) is 11.6 Å². The molecule has 0 saturated heterocycles. The summed E-state index contributed by atoms with van der Waals surface area (Å²) in [7, 11) is 0. The highest BCUT2D eigenvalue weighted by Gasteiger charge is 2.31. The number of benzene rings is 2. The van der Waals surface area contributed by atoms with E-state index in [0.717, 1.165) is 30.2 Å². The quantitative estimate of drug-likeness (QED) is 0.438. The Morgan fingerprint density at radius 1 is 1.00 bits per heavy atom. The summed E-state index contributed by atoms with van der Waals surface area (Å²) >= 11 is 6.00. The van der Waals surface area contributed by atoms with Gasteiger partial charge in [-0.25, -0.2) is 9.48 Å². The van der Waals surface area contributed by atoms with Crippen LogP contribution in [0.3, 0.4) is 0 Å². The molecule has 2 aliphatic rings. The zero-order valence-corrected chi connectivity index (χ0v) is 18.9. The molecule has 1 saturated carbocycles. The van der Waals surface area contributed by atoms with E-state index >= 15 is 0 Å². The molecule has 5 rings (SSSR count). The van der Waals surface area contributed by atoms with Crippen molar-refractivity contribution in [3.8, 4) is 11.4 Å². The SMILES string of the molecule is O=c1n(CC2=NN=C(CCc3cccc(C(F)(F)F)c3)C2)nc(-c2ccc(Cl)cc2)n1C1CC1. The fourth-order valence-electron chi connectivity index (χ4n) is 4.02. The van der Waals surface area contributed by atoms with Gasteiger partial charge in [0.05, 0.1) is 17.8 Å². The number of aryl methyl sites for hydroxylation is 1. The van der Waals surface area contributed by atoms with Crippen LogP contribution in [0.5, 0.6) is 0 Å². The highest BCUT2D eigenvalue weighted by atomic mass is 35.5. The summed E-state index contributed by atoms with van der Waals surface area (Å²) in [6, 6.07) is 12.7. The van der Waals surface area contributed by atoms with E-state index in [2.05, 4.69) is 15.3 Å². The molecule has 1 fully saturated rings. The fraction of sp³-hybridized carbons (Fsp3) is 0.333. The molecule has 0 radical (unpaired) electrons. The van der Waals surface area contributed by atoms with Gasteiger partial charge in [0, 0.05) is 28.8 Å². The molecule has 2 heterocycles. The van der Waals surface area contributed by atoms with Crippen molar-refractivity contribution in [3.63, 3.8) is 0 Å². The van der Waals surface area contributed by atoms with Gasteiger partial charge in [-0.15, -0.1) is 5.10 Å². The third-order valence-electron chi connectivity index (χ3n) is 5.91. The minimum atomic E-state index is -4.36. The Balaban J connectivity index is 1.25. The summed E-state index contributed by atoms with van der Waals surface area (Å²) in [5.74, 6) is 0.605. The van der Waals surface area contributed by atoms with Crippen LogP contribution >= 0.6 is 11.6 Å². The zero-order valence-electron chi connectivity index (χ0n) is 18.1. The van der Waals surface area contributed by atoms with Crippen molar-refractivity contribution < 1.29 is 13.2 Å². The number of nitrogens with zero attached hydrogens (tertiary/aromatic N) is 5. The van der Waals surface area contributed by atoms with E-state index < -0.39 is 11.7 Å². The molecular weight excluding hydrogens is 467 g/mol. The van der Waals surface area contributed by atoms with Crippen molar-refractivity contribution >= 4 is 23.0 Å². The molecule has 0 atom stereocenters. The number of aromatic nitrogens is 3. The minimum absolute atomic E-state index is 0.150. The maximum Gasteiger partial charge on any atom is 0.416 e. The van der Waals surface area contributed by atoms with Crippen LogP contribution in [-0.4, -0.2) is 25.8 Å². The van der Waals surface area contributed by atoms with Crippen molar-refractivity contribution in [2.24, 2.45) is 10.2 Å². The Morgan fingerprint density at radius 2 is 1.74 bits per heavy atom. The van der Waals surface area contributed by atoms with Gasteiger partial charge in [-0.3, -0.25) is 4.57 Å². The van der Waals surface area contributed by atoms with Gasteiger partial charge in [0.15, 0.2) is 5.82 Å². The van der Waals surface area contributed by atoms with Crippen LogP contribution in [0.2, 0.25) is 5.02 Å². The average Bonchev–Trinajstić information content (AvgIpc) is 3.46. The largest absolute Gasteiger partial charge is 0.416 e. The molecule has 0 N–H and O–H groups in total. The van der Waals surface area contributed by atoms with Gasteiger partial charge in [0.2, 0.25) is 0 Å². The van der Waals surface area contributed by atoms with Gasteiger partial charge in [-0.2, -0.15) is 23.4 Å². The number of hydrogen-bond donors (Lipinski definition) is 0. The predicted octanol–water partition coefficient (Wildman–Crippen LogP) is 5.55. The molecule has 0 amide bonds. The Morgan fingerprint density at radius 3 is 2.44 bits per heavy atom. The zero-order chi connectivity index (χ0) is 23.9. The first-order valence-corrected chi connectivity index (χ1v) is 11.4. The summed E-state index contributed by atoms with van der Waals surface area (Å²) in [6.07, 6.45) is -1.08. The molecular formula is C24H21ClF3N5O. The summed E-state index contributed by atoms with van der Waals surface area (Å²) in [6.45, 7) is 0.218. The molecule has 0 spiro atoms. The van der Waals surface area contributed by atoms with E-state index in [1.165, 1.54) is 16.8 Å². The van der Waals surface area contributed by atoms with Gasteiger partial charge in [0.1, 0.15) is 0 Å². The molecule has 1 aliphatic carbocycles. The first-order valence-electron chi connectivity index (χ1n) is 11.0. The smallest absolute Gasteiger partial charge is 0.272 e. The van der Waals surface area contributed by atoms with Crippen molar-refractivity contribution in [3.05, 3.63) is 75.2 Å². The highest BCUT2D eigenvalue weighted by Crippen LogP contribution is 2.36. The molecule has 10 heteroatoms.